The molecule has 4 rings (SSSR count). The van der Waals surface area contributed by atoms with Crippen LogP contribution in [0.2, 0.25) is 0 Å². The van der Waals surface area contributed by atoms with Gasteiger partial charge in [-0.05, 0) is 24.8 Å². The maximum absolute atomic E-state index is 13.2. The Morgan fingerprint density at radius 1 is 1.31 bits per heavy atom. The van der Waals surface area contributed by atoms with Crippen LogP contribution in [-0.4, -0.2) is 58.5 Å². The summed E-state index contributed by atoms with van der Waals surface area (Å²) in [6.45, 7) is 2.68. The third-order valence-electron chi connectivity index (χ3n) is 5.25. The lowest BCUT2D eigenvalue weighted by atomic mass is 9.87. The topological polar surface area (TPSA) is 97.0 Å². The average Bonchev–Trinajstić information content (AvgIpc) is 3.24. The van der Waals surface area contributed by atoms with Crippen molar-refractivity contribution >= 4 is 34.0 Å². The van der Waals surface area contributed by atoms with Crippen molar-refractivity contribution in [3.63, 3.8) is 0 Å². The molecule has 3 heterocycles. The molecule has 1 spiro atoms. The third kappa shape index (κ3) is 3.13. The number of amides is 1. The van der Waals surface area contributed by atoms with Crippen molar-refractivity contribution in [3.8, 4) is 11.5 Å². The van der Waals surface area contributed by atoms with Crippen LogP contribution in [0.15, 0.2) is 17.0 Å². The van der Waals surface area contributed by atoms with Crippen LogP contribution in [0.5, 0.6) is 11.5 Å². The van der Waals surface area contributed by atoms with Gasteiger partial charge in [0.05, 0.1) is 12.8 Å². The van der Waals surface area contributed by atoms with Crippen molar-refractivity contribution < 1.29 is 22.7 Å². The minimum atomic E-state index is -3.70. The van der Waals surface area contributed by atoms with E-state index in [1.807, 2.05) is 0 Å². The molecular formula is C16H22ClN3O5S. The van der Waals surface area contributed by atoms with Crippen LogP contribution >= 0.6 is 12.4 Å². The first-order chi connectivity index (χ1) is 11.9. The first-order valence-corrected chi connectivity index (χ1v) is 9.73. The third-order valence-corrected chi connectivity index (χ3v) is 7.12. The molecule has 26 heavy (non-hydrogen) atoms. The second-order valence-electron chi connectivity index (χ2n) is 6.85. The molecule has 1 amide bonds. The molecule has 1 aromatic rings. The molecule has 3 aliphatic heterocycles. The number of hydrogen-bond donors (Lipinski definition) is 2. The fraction of sp³-hybridized carbons (Fsp3) is 0.562. The molecule has 2 saturated heterocycles. The minimum Gasteiger partial charge on any atom is -0.495 e. The van der Waals surface area contributed by atoms with Crippen LogP contribution in [0.3, 0.4) is 0 Å². The SMILES string of the molecule is COc1cc2c(cc1S(=O)(=O)N1CCC3(CCNC3)C1)OCC(=O)N2.Cl. The van der Waals surface area contributed by atoms with Crippen LogP contribution < -0.4 is 20.1 Å². The summed E-state index contributed by atoms with van der Waals surface area (Å²) in [6.07, 6.45) is 1.86. The summed E-state index contributed by atoms with van der Waals surface area (Å²) in [6, 6.07) is 2.95. The van der Waals surface area contributed by atoms with E-state index < -0.39 is 10.0 Å². The molecule has 1 unspecified atom stereocenters. The molecule has 8 nitrogen and oxygen atoms in total. The maximum atomic E-state index is 13.2. The van der Waals surface area contributed by atoms with Gasteiger partial charge in [0.15, 0.2) is 6.61 Å². The van der Waals surface area contributed by atoms with Gasteiger partial charge >= 0.3 is 0 Å². The predicted octanol–water partition coefficient (Wildman–Crippen LogP) is 0.822. The molecule has 2 fully saturated rings. The van der Waals surface area contributed by atoms with Gasteiger partial charge in [0.1, 0.15) is 16.4 Å². The lowest BCUT2D eigenvalue weighted by molar-refractivity contribution is -0.118. The van der Waals surface area contributed by atoms with E-state index in [1.165, 1.54) is 23.5 Å². The van der Waals surface area contributed by atoms with Gasteiger partial charge in [-0.2, -0.15) is 4.31 Å². The fourth-order valence-electron chi connectivity index (χ4n) is 3.83. The molecule has 1 aromatic carbocycles. The van der Waals surface area contributed by atoms with E-state index in [4.69, 9.17) is 9.47 Å². The van der Waals surface area contributed by atoms with Gasteiger partial charge in [-0.25, -0.2) is 8.42 Å². The van der Waals surface area contributed by atoms with Gasteiger partial charge in [0.2, 0.25) is 10.0 Å². The normalized spacial score (nSPS) is 25.3. The maximum Gasteiger partial charge on any atom is 0.262 e. The predicted molar refractivity (Wildman–Crippen MR) is 97.7 cm³/mol. The van der Waals surface area contributed by atoms with Crippen LogP contribution in [0.25, 0.3) is 0 Å². The zero-order valence-corrected chi connectivity index (χ0v) is 16.0. The zero-order chi connectivity index (χ0) is 17.7. The number of benzene rings is 1. The fourth-order valence-corrected chi connectivity index (χ4v) is 5.54. The Morgan fingerprint density at radius 2 is 2.12 bits per heavy atom. The highest BCUT2D eigenvalue weighted by Gasteiger charge is 2.45. The Bertz CT molecular complexity index is 823. The summed E-state index contributed by atoms with van der Waals surface area (Å²) in [5.41, 5.74) is 0.462. The van der Waals surface area contributed by atoms with E-state index in [2.05, 4.69) is 10.6 Å². The van der Waals surface area contributed by atoms with Gasteiger partial charge in [-0.1, -0.05) is 0 Å². The molecule has 0 aromatic heterocycles. The van der Waals surface area contributed by atoms with Crippen molar-refractivity contribution in [2.45, 2.75) is 17.7 Å². The zero-order valence-electron chi connectivity index (χ0n) is 14.4. The highest BCUT2D eigenvalue weighted by atomic mass is 35.5. The van der Waals surface area contributed by atoms with Gasteiger partial charge in [-0.15, -0.1) is 12.4 Å². The van der Waals surface area contributed by atoms with Gasteiger partial charge < -0.3 is 20.1 Å². The first kappa shape index (κ1) is 19.2. The van der Waals surface area contributed by atoms with Crippen molar-refractivity contribution in [1.29, 1.82) is 0 Å². The Morgan fingerprint density at radius 3 is 2.81 bits per heavy atom. The van der Waals surface area contributed by atoms with Crippen LogP contribution in [-0.2, 0) is 14.8 Å². The summed E-state index contributed by atoms with van der Waals surface area (Å²) in [5, 5.41) is 5.99. The molecule has 0 aliphatic carbocycles. The first-order valence-electron chi connectivity index (χ1n) is 8.29. The summed E-state index contributed by atoms with van der Waals surface area (Å²) < 4.78 is 38.6. The van der Waals surface area contributed by atoms with Gasteiger partial charge in [0.25, 0.3) is 5.91 Å². The van der Waals surface area contributed by atoms with E-state index in [0.717, 1.165) is 25.9 Å². The number of fused-ring (bicyclic) bond motifs is 1. The Kier molecular flexibility index (Phi) is 5.08. The van der Waals surface area contributed by atoms with E-state index in [9.17, 15) is 13.2 Å². The van der Waals surface area contributed by atoms with Crippen LogP contribution in [0.1, 0.15) is 12.8 Å². The number of anilines is 1. The number of halogens is 1. The smallest absolute Gasteiger partial charge is 0.262 e. The standard InChI is InChI=1S/C16H21N3O5S.ClH/c1-23-13-6-11-12(24-8-15(20)18-11)7-14(13)25(21,22)19-5-3-16(10-19)2-4-17-9-16;/h6-7,17H,2-5,8-10H2,1H3,(H,18,20);1H. The van der Waals surface area contributed by atoms with Crippen molar-refractivity contribution in [3.05, 3.63) is 12.1 Å². The van der Waals surface area contributed by atoms with Crippen molar-refractivity contribution in [2.24, 2.45) is 5.41 Å². The van der Waals surface area contributed by atoms with Gasteiger partial charge in [0, 0.05) is 31.8 Å². The van der Waals surface area contributed by atoms with Gasteiger partial charge in [-0.3, -0.25) is 4.79 Å². The quantitative estimate of drug-likeness (QED) is 0.775. The lowest BCUT2D eigenvalue weighted by Gasteiger charge is -2.24. The number of nitrogens with one attached hydrogen (secondary N) is 2. The average molecular weight is 404 g/mol. The number of carbonyl (C=O) groups excluding carboxylic acids is 1. The van der Waals surface area contributed by atoms with Crippen molar-refractivity contribution in [1.82, 2.24) is 9.62 Å². The molecule has 3 aliphatic rings. The van der Waals surface area contributed by atoms with E-state index >= 15 is 0 Å². The molecule has 1 atom stereocenters. The lowest BCUT2D eigenvalue weighted by Crippen LogP contribution is -2.33. The van der Waals surface area contributed by atoms with E-state index in [0.29, 0.717) is 24.5 Å². The van der Waals surface area contributed by atoms with Crippen molar-refractivity contribution in [2.75, 3.05) is 45.2 Å². The number of sulfonamides is 1. The number of ether oxygens (including phenoxy) is 2. The molecule has 144 valence electrons. The minimum absolute atomic E-state index is 0. The summed E-state index contributed by atoms with van der Waals surface area (Å²) >= 11 is 0. The summed E-state index contributed by atoms with van der Waals surface area (Å²) in [4.78, 5) is 11.5. The summed E-state index contributed by atoms with van der Waals surface area (Å²) in [7, 11) is -2.29. The number of hydrogen-bond acceptors (Lipinski definition) is 6. The van der Waals surface area contributed by atoms with E-state index in [-0.39, 0.29) is 41.0 Å². The largest absolute Gasteiger partial charge is 0.495 e. The second kappa shape index (κ2) is 6.88. The number of rotatable bonds is 3. The summed E-state index contributed by atoms with van der Waals surface area (Å²) in [5.74, 6) is 0.269. The number of carbonyl (C=O) groups is 1. The molecule has 10 heteroatoms. The Hall–Kier alpha value is -1.55. The van der Waals surface area contributed by atoms with Crippen LogP contribution in [0, 0.1) is 5.41 Å². The molecule has 0 saturated carbocycles. The highest BCUT2D eigenvalue weighted by molar-refractivity contribution is 7.89. The number of methoxy groups -OCH3 is 1. The molecule has 0 bridgehead atoms. The Balaban J connectivity index is 0.00000196. The van der Waals surface area contributed by atoms with E-state index in [1.54, 1.807) is 0 Å². The van der Waals surface area contributed by atoms with Crippen LogP contribution in [0.4, 0.5) is 5.69 Å². The molecule has 0 radical (unpaired) electrons. The molecule has 2 N–H and O–H groups in total. The monoisotopic (exact) mass is 403 g/mol. The molecular weight excluding hydrogens is 382 g/mol. The number of nitrogens with zero attached hydrogens (tertiary/aromatic N) is 1. The highest BCUT2D eigenvalue weighted by Crippen LogP contribution is 2.42. The Labute approximate surface area is 158 Å². The second-order valence-corrected chi connectivity index (χ2v) is 8.76.